The van der Waals surface area contributed by atoms with Crippen LogP contribution in [0.1, 0.15) is 45.1 Å². The Morgan fingerprint density at radius 1 is 1.30 bits per heavy atom. The quantitative estimate of drug-likeness (QED) is 0.785. The van der Waals surface area contributed by atoms with Gasteiger partial charge in [-0.1, -0.05) is 0 Å². The number of carbonyl (C=O) groups excluding carboxylic acids is 1. The predicted octanol–water partition coefficient (Wildman–Crippen LogP) is 2.61. The van der Waals surface area contributed by atoms with E-state index in [2.05, 4.69) is 16.0 Å². The van der Waals surface area contributed by atoms with Crippen LogP contribution >= 0.6 is 0 Å². The van der Waals surface area contributed by atoms with Gasteiger partial charge in [0.25, 0.3) is 0 Å². The smallest absolute Gasteiger partial charge is 0.320 e. The van der Waals surface area contributed by atoms with Gasteiger partial charge in [0, 0.05) is 56.5 Å². The van der Waals surface area contributed by atoms with Gasteiger partial charge in [0.15, 0.2) is 0 Å². The number of hydrogen-bond acceptors (Lipinski definition) is 4. The molecular weight excluding hydrogens is 402 g/mol. The Bertz CT molecular complexity index is 1000. The minimum Gasteiger partial charge on any atom is -0.346 e. The molecule has 2 amide bonds. The zero-order chi connectivity index (χ0) is 21.5. The van der Waals surface area contributed by atoms with Crippen LogP contribution in [-0.2, 0) is 10.0 Å². The van der Waals surface area contributed by atoms with E-state index in [1.54, 1.807) is 20.3 Å². The summed E-state index contributed by atoms with van der Waals surface area (Å²) in [5.41, 5.74) is 2.10. The summed E-state index contributed by atoms with van der Waals surface area (Å²) < 4.78 is 27.8. The van der Waals surface area contributed by atoms with Crippen molar-refractivity contribution in [1.29, 1.82) is 0 Å². The summed E-state index contributed by atoms with van der Waals surface area (Å²) in [6.45, 7) is 8.15. The Kier molecular flexibility index (Phi) is 5.76. The number of rotatable bonds is 5. The first-order valence-electron chi connectivity index (χ1n) is 10.8. The Morgan fingerprint density at radius 3 is 2.63 bits per heavy atom. The number of nitrogens with zero attached hydrogens (tertiary/aromatic N) is 4. The molecule has 164 valence electrons. The lowest BCUT2D eigenvalue weighted by atomic mass is 9.90. The van der Waals surface area contributed by atoms with E-state index >= 15 is 0 Å². The summed E-state index contributed by atoms with van der Waals surface area (Å²) in [4.78, 5) is 23.5. The van der Waals surface area contributed by atoms with E-state index in [9.17, 15) is 13.2 Å². The highest BCUT2D eigenvalue weighted by Gasteiger charge is 2.44. The highest BCUT2D eigenvalue weighted by atomic mass is 32.2. The summed E-state index contributed by atoms with van der Waals surface area (Å²) in [5, 5.41) is 0.638. The van der Waals surface area contributed by atoms with Crippen molar-refractivity contribution in [2.75, 3.05) is 32.7 Å². The van der Waals surface area contributed by atoms with Crippen molar-refractivity contribution >= 4 is 27.1 Å². The van der Waals surface area contributed by atoms with Crippen LogP contribution in [0, 0.1) is 0 Å². The normalized spacial score (nSPS) is 19.4. The van der Waals surface area contributed by atoms with Gasteiger partial charge in [0.1, 0.15) is 10.9 Å². The maximum atomic E-state index is 13.1. The molecule has 0 radical (unpaired) electrons. The van der Waals surface area contributed by atoms with Crippen molar-refractivity contribution in [2.24, 2.45) is 0 Å². The molecule has 30 heavy (non-hydrogen) atoms. The van der Waals surface area contributed by atoms with Gasteiger partial charge < -0.3 is 14.8 Å². The Hall–Kier alpha value is -2.13. The average molecular weight is 434 g/mol. The molecule has 2 fully saturated rings. The first-order chi connectivity index (χ1) is 14.3. The minimum absolute atomic E-state index is 0.0643. The fraction of sp³-hybridized carbons (Fsp3) is 0.619. The molecule has 0 unspecified atom stereocenters. The zero-order valence-electron chi connectivity index (χ0n) is 17.9. The third-order valence-corrected chi connectivity index (χ3v) is 8.71. The van der Waals surface area contributed by atoms with Gasteiger partial charge in [-0.3, -0.25) is 0 Å². The molecule has 9 heteroatoms. The summed E-state index contributed by atoms with van der Waals surface area (Å²) in [6, 6.07) is 4.04. The standard InChI is InChI=1S/C21H31N5O3S/c1-4-26(15(2)3)21(27)24-13-17(14-24)30(28,29)25-10-7-16(8-11-25)19-12-23-20-18(19)6-5-9-22-20/h5-6,9,12,15-17H,4,7-8,10-11,13-14H2,1-3H3,(H,22,23). The maximum Gasteiger partial charge on any atom is 0.320 e. The number of likely N-dealkylation sites (tertiary alicyclic amines) is 1. The van der Waals surface area contributed by atoms with Crippen LogP contribution in [0.2, 0.25) is 0 Å². The number of aromatic amines is 1. The fourth-order valence-corrected chi connectivity index (χ4v) is 6.51. The summed E-state index contributed by atoms with van der Waals surface area (Å²) in [6.07, 6.45) is 5.38. The molecule has 0 atom stereocenters. The van der Waals surface area contributed by atoms with Gasteiger partial charge >= 0.3 is 6.03 Å². The monoisotopic (exact) mass is 433 g/mol. The second kappa shape index (κ2) is 8.19. The van der Waals surface area contributed by atoms with E-state index in [1.807, 2.05) is 33.0 Å². The number of nitrogens with one attached hydrogen (secondary N) is 1. The molecule has 2 aromatic rings. The summed E-state index contributed by atoms with van der Waals surface area (Å²) in [5.74, 6) is 0.332. The van der Waals surface area contributed by atoms with Gasteiger partial charge in [-0.15, -0.1) is 0 Å². The van der Waals surface area contributed by atoms with Crippen molar-refractivity contribution in [1.82, 2.24) is 24.1 Å². The largest absolute Gasteiger partial charge is 0.346 e. The van der Waals surface area contributed by atoms with Gasteiger partial charge in [-0.05, 0) is 57.2 Å². The Balaban J connectivity index is 1.35. The van der Waals surface area contributed by atoms with Crippen molar-refractivity contribution in [2.45, 2.75) is 50.8 Å². The van der Waals surface area contributed by atoms with E-state index in [1.165, 1.54) is 5.56 Å². The van der Waals surface area contributed by atoms with E-state index in [-0.39, 0.29) is 12.1 Å². The molecule has 2 aromatic heterocycles. The number of sulfonamides is 1. The number of piperidine rings is 1. The van der Waals surface area contributed by atoms with Gasteiger partial charge in [-0.25, -0.2) is 22.5 Å². The van der Waals surface area contributed by atoms with Crippen LogP contribution in [0.5, 0.6) is 0 Å². The molecule has 0 aliphatic carbocycles. The lowest BCUT2D eigenvalue weighted by Crippen LogP contribution is -2.63. The van der Waals surface area contributed by atoms with Crippen molar-refractivity contribution in [3.63, 3.8) is 0 Å². The second-order valence-corrected chi connectivity index (χ2v) is 10.8. The van der Waals surface area contributed by atoms with Crippen LogP contribution in [0.3, 0.4) is 0 Å². The van der Waals surface area contributed by atoms with Crippen LogP contribution in [-0.4, -0.2) is 82.5 Å². The Morgan fingerprint density at radius 2 is 2.00 bits per heavy atom. The third-order valence-electron chi connectivity index (χ3n) is 6.49. The maximum absolute atomic E-state index is 13.1. The van der Waals surface area contributed by atoms with Crippen LogP contribution in [0.25, 0.3) is 11.0 Å². The molecule has 4 rings (SSSR count). The van der Waals surface area contributed by atoms with E-state index in [0.29, 0.717) is 38.6 Å². The van der Waals surface area contributed by atoms with E-state index < -0.39 is 15.3 Å². The number of fused-ring (bicyclic) bond motifs is 1. The first kappa shape index (κ1) is 21.1. The number of carbonyl (C=O) groups is 1. The number of aromatic nitrogens is 2. The van der Waals surface area contributed by atoms with Gasteiger partial charge in [0.2, 0.25) is 10.0 Å². The predicted molar refractivity (Wildman–Crippen MR) is 117 cm³/mol. The molecule has 4 heterocycles. The van der Waals surface area contributed by atoms with Crippen molar-refractivity contribution in [3.8, 4) is 0 Å². The first-order valence-corrected chi connectivity index (χ1v) is 12.3. The molecular formula is C21H31N5O3S. The number of urea groups is 1. The van der Waals surface area contributed by atoms with E-state index in [4.69, 9.17) is 0 Å². The average Bonchev–Trinajstić information content (AvgIpc) is 3.11. The van der Waals surface area contributed by atoms with Crippen molar-refractivity contribution in [3.05, 3.63) is 30.1 Å². The lowest BCUT2D eigenvalue weighted by molar-refractivity contribution is 0.118. The SMILES string of the molecule is CCN(C(=O)N1CC(S(=O)(=O)N2CCC(c3c[nH]c4ncccc34)CC2)C1)C(C)C. The molecule has 0 saturated carbocycles. The van der Waals surface area contributed by atoms with E-state index in [0.717, 1.165) is 23.9 Å². The highest BCUT2D eigenvalue weighted by molar-refractivity contribution is 7.89. The molecule has 2 aliphatic heterocycles. The molecule has 0 aromatic carbocycles. The number of amides is 2. The summed E-state index contributed by atoms with van der Waals surface area (Å²) in [7, 11) is -3.38. The second-order valence-electron chi connectivity index (χ2n) is 8.55. The molecule has 2 aliphatic rings. The number of pyridine rings is 1. The molecule has 8 nitrogen and oxygen atoms in total. The molecule has 1 N–H and O–H groups in total. The van der Waals surface area contributed by atoms with Crippen LogP contribution in [0.4, 0.5) is 4.79 Å². The molecule has 2 saturated heterocycles. The number of hydrogen-bond donors (Lipinski definition) is 1. The highest BCUT2D eigenvalue weighted by Crippen LogP contribution is 2.34. The molecule has 0 bridgehead atoms. The topological polar surface area (TPSA) is 89.6 Å². The van der Waals surface area contributed by atoms with Crippen LogP contribution < -0.4 is 0 Å². The van der Waals surface area contributed by atoms with Crippen LogP contribution in [0.15, 0.2) is 24.5 Å². The van der Waals surface area contributed by atoms with Gasteiger partial charge in [0.05, 0.1) is 0 Å². The minimum atomic E-state index is -3.38. The molecule has 0 spiro atoms. The van der Waals surface area contributed by atoms with Crippen molar-refractivity contribution < 1.29 is 13.2 Å². The Labute approximate surface area is 178 Å². The fourth-order valence-electron chi connectivity index (χ4n) is 4.63. The third kappa shape index (κ3) is 3.69. The zero-order valence-corrected chi connectivity index (χ0v) is 18.7. The lowest BCUT2D eigenvalue weighted by Gasteiger charge is -2.44. The summed E-state index contributed by atoms with van der Waals surface area (Å²) >= 11 is 0. The van der Waals surface area contributed by atoms with Gasteiger partial charge in [-0.2, -0.15) is 0 Å². The number of H-pyrrole nitrogens is 1.